The molecule has 0 N–H and O–H groups in total. The highest BCUT2D eigenvalue weighted by atomic mass is 16.2. The van der Waals surface area contributed by atoms with Crippen molar-refractivity contribution in [2.24, 2.45) is 11.8 Å². The van der Waals surface area contributed by atoms with Gasteiger partial charge in [0.25, 0.3) is 0 Å². The van der Waals surface area contributed by atoms with Crippen molar-refractivity contribution in [2.75, 3.05) is 33.2 Å². The van der Waals surface area contributed by atoms with Crippen molar-refractivity contribution in [1.29, 1.82) is 0 Å². The van der Waals surface area contributed by atoms with Crippen LogP contribution in [0.2, 0.25) is 0 Å². The monoisotopic (exact) mass is 353 g/mol. The molecule has 1 aliphatic heterocycles. The van der Waals surface area contributed by atoms with Crippen molar-refractivity contribution in [1.82, 2.24) is 14.7 Å². The van der Waals surface area contributed by atoms with Gasteiger partial charge in [0.15, 0.2) is 0 Å². The minimum Gasteiger partial charge on any atom is -0.341 e. The Labute approximate surface area is 154 Å². The molecule has 0 unspecified atom stereocenters. The van der Waals surface area contributed by atoms with Gasteiger partial charge in [-0.15, -0.1) is 0 Å². The average Bonchev–Trinajstić information content (AvgIpc) is 2.53. The third kappa shape index (κ3) is 5.98. The normalized spacial score (nSPS) is 20.4. The summed E-state index contributed by atoms with van der Waals surface area (Å²) in [4.78, 5) is 32.3. The predicted molar refractivity (Wildman–Crippen MR) is 103 cm³/mol. The molecule has 146 valence electrons. The molecule has 2 amide bonds. The lowest BCUT2D eigenvalue weighted by molar-refractivity contribution is -0.153. The molecule has 5 heteroatoms. The maximum Gasteiger partial charge on any atom is 0.245 e. The molecular formula is C20H39N3O2. The lowest BCUT2D eigenvalue weighted by atomic mass is 9.95. The van der Waals surface area contributed by atoms with Gasteiger partial charge in [0.05, 0.1) is 6.04 Å². The van der Waals surface area contributed by atoms with Gasteiger partial charge in [0.1, 0.15) is 6.04 Å². The van der Waals surface area contributed by atoms with Crippen LogP contribution in [0.1, 0.15) is 60.8 Å². The van der Waals surface area contributed by atoms with Gasteiger partial charge in [-0.05, 0) is 45.1 Å². The molecule has 25 heavy (non-hydrogen) atoms. The fourth-order valence-corrected chi connectivity index (χ4v) is 3.66. The Hall–Kier alpha value is -1.10. The maximum atomic E-state index is 13.2. The second-order valence-corrected chi connectivity index (χ2v) is 8.22. The smallest absolute Gasteiger partial charge is 0.245 e. The van der Waals surface area contributed by atoms with Gasteiger partial charge in [-0.2, -0.15) is 0 Å². The summed E-state index contributed by atoms with van der Waals surface area (Å²) >= 11 is 0. The number of likely N-dealkylation sites (N-methyl/N-ethyl adjacent to an activating group) is 2. The average molecular weight is 354 g/mol. The van der Waals surface area contributed by atoms with E-state index < -0.39 is 0 Å². The summed E-state index contributed by atoms with van der Waals surface area (Å²) in [6, 6.07) is -0.417. The summed E-state index contributed by atoms with van der Waals surface area (Å²) in [6.45, 7) is 15.6. The van der Waals surface area contributed by atoms with Gasteiger partial charge in [0.2, 0.25) is 11.8 Å². The Morgan fingerprint density at radius 2 is 1.80 bits per heavy atom. The van der Waals surface area contributed by atoms with Crippen molar-refractivity contribution >= 4 is 11.8 Å². The molecule has 0 saturated carbocycles. The molecule has 0 bridgehead atoms. The lowest BCUT2D eigenvalue weighted by Gasteiger charge is -2.44. The Balaban J connectivity index is 3.04. The molecule has 0 aromatic carbocycles. The molecule has 5 nitrogen and oxygen atoms in total. The summed E-state index contributed by atoms with van der Waals surface area (Å²) in [5.41, 5.74) is 0. The topological polar surface area (TPSA) is 43.9 Å². The first-order chi connectivity index (χ1) is 11.7. The molecule has 1 rings (SSSR count). The minimum absolute atomic E-state index is 0.0996. The summed E-state index contributed by atoms with van der Waals surface area (Å²) in [5, 5.41) is 0. The summed E-state index contributed by atoms with van der Waals surface area (Å²) in [6.07, 6.45) is 2.53. The number of rotatable bonds is 9. The van der Waals surface area contributed by atoms with E-state index in [2.05, 4.69) is 39.5 Å². The van der Waals surface area contributed by atoms with Crippen molar-refractivity contribution in [3.05, 3.63) is 0 Å². The number of hydrogen-bond acceptors (Lipinski definition) is 3. The van der Waals surface area contributed by atoms with E-state index in [1.807, 2.05) is 23.8 Å². The van der Waals surface area contributed by atoms with Crippen LogP contribution in [0, 0.1) is 11.8 Å². The van der Waals surface area contributed by atoms with Crippen LogP contribution in [0.15, 0.2) is 0 Å². The Bertz CT molecular complexity index is 437. The molecular weight excluding hydrogens is 314 g/mol. The van der Waals surface area contributed by atoms with Gasteiger partial charge < -0.3 is 9.80 Å². The summed E-state index contributed by atoms with van der Waals surface area (Å²) < 4.78 is 0. The number of piperazine rings is 1. The zero-order chi connectivity index (χ0) is 19.1. The van der Waals surface area contributed by atoms with Crippen LogP contribution >= 0.6 is 0 Å². The standard InChI is InChI=1S/C20H39N3O2/c1-8-10-22(9-2)19(24)18(14-16(5)6)23-12-11-21(7)17(20(23)25)13-15(3)4/h15-18H,8-14H2,1-7H3/t17-,18-/m0/s1. The Kier molecular flexibility index (Phi) is 8.91. The van der Waals surface area contributed by atoms with E-state index in [0.717, 1.165) is 32.4 Å². The van der Waals surface area contributed by atoms with Gasteiger partial charge in [0, 0.05) is 26.2 Å². The molecule has 1 saturated heterocycles. The molecule has 0 aromatic rings. The predicted octanol–water partition coefficient (Wildman–Crippen LogP) is 2.85. The van der Waals surface area contributed by atoms with Crippen LogP contribution in [-0.2, 0) is 9.59 Å². The van der Waals surface area contributed by atoms with Crippen molar-refractivity contribution in [2.45, 2.75) is 72.9 Å². The second kappa shape index (κ2) is 10.1. The fourth-order valence-electron chi connectivity index (χ4n) is 3.66. The first-order valence-electron chi connectivity index (χ1n) is 10.0. The van der Waals surface area contributed by atoms with Crippen molar-refractivity contribution < 1.29 is 9.59 Å². The Morgan fingerprint density at radius 1 is 1.16 bits per heavy atom. The van der Waals surface area contributed by atoms with Crippen molar-refractivity contribution in [3.8, 4) is 0 Å². The third-order valence-corrected chi connectivity index (χ3v) is 5.03. The van der Waals surface area contributed by atoms with E-state index in [1.165, 1.54) is 0 Å². The van der Waals surface area contributed by atoms with E-state index >= 15 is 0 Å². The molecule has 1 heterocycles. The Morgan fingerprint density at radius 3 is 2.28 bits per heavy atom. The van der Waals surface area contributed by atoms with Gasteiger partial charge in [-0.3, -0.25) is 14.5 Å². The molecule has 2 atom stereocenters. The van der Waals surface area contributed by atoms with E-state index in [0.29, 0.717) is 24.9 Å². The quantitative estimate of drug-likeness (QED) is 0.640. The van der Waals surface area contributed by atoms with Crippen LogP contribution in [0.3, 0.4) is 0 Å². The highest BCUT2D eigenvalue weighted by molar-refractivity contribution is 5.90. The van der Waals surface area contributed by atoms with E-state index in [4.69, 9.17) is 0 Å². The number of carbonyl (C=O) groups excluding carboxylic acids is 2. The maximum absolute atomic E-state index is 13.2. The molecule has 0 aromatic heterocycles. The van der Waals surface area contributed by atoms with E-state index in [-0.39, 0.29) is 23.9 Å². The van der Waals surface area contributed by atoms with Crippen LogP contribution < -0.4 is 0 Å². The van der Waals surface area contributed by atoms with Gasteiger partial charge in [-0.25, -0.2) is 0 Å². The number of carbonyl (C=O) groups is 2. The van der Waals surface area contributed by atoms with Crippen molar-refractivity contribution in [3.63, 3.8) is 0 Å². The molecule has 0 radical (unpaired) electrons. The van der Waals surface area contributed by atoms with Crippen LogP contribution in [0.5, 0.6) is 0 Å². The zero-order valence-corrected chi connectivity index (χ0v) is 17.4. The lowest BCUT2D eigenvalue weighted by Crippen LogP contribution is -2.62. The summed E-state index contributed by atoms with van der Waals surface area (Å²) in [7, 11) is 2.02. The highest BCUT2D eigenvalue weighted by Crippen LogP contribution is 2.23. The van der Waals surface area contributed by atoms with E-state index in [9.17, 15) is 9.59 Å². The molecule has 0 aliphatic carbocycles. The second-order valence-electron chi connectivity index (χ2n) is 8.22. The zero-order valence-electron chi connectivity index (χ0n) is 17.4. The molecule has 1 fully saturated rings. The minimum atomic E-state index is -0.317. The number of amides is 2. The number of hydrogen-bond donors (Lipinski definition) is 0. The fraction of sp³-hybridized carbons (Fsp3) is 0.900. The highest BCUT2D eigenvalue weighted by Gasteiger charge is 2.40. The van der Waals surface area contributed by atoms with Crippen LogP contribution in [0.4, 0.5) is 0 Å². The first kappa shape index (κ1) is 21.9. The largest absolute Gasteiger partial charge is 0.341 e. The third-order valence-electron chi connectivity index (χ3n) is 5.03. The SMILES string of the molecule is CCCN(CC)C(=O)[C@H](CC(C)C)N1CCN(C)[C@@H](CC(C)C)C1=O. The van der Waals surface area contributed by atoms with Gasteiger partial charge >= 0.3 is 0 Å². The first-order valence-corrected chi connectivity index (χ1v) is 10.0. The summed E-state index contributed by atoms with van der Waals surface area (Å²) in [5.74, 6) is 1.10. The molecule has 0 spiro atoms. The van der Waals surface area contributed by atoms with E-state index in [1.54, 1.807) is 0 Å². The van der Waals surface area contributed by atoms with Crippen LogP contribution in [0.25, 0.3) is 0 Å². The van der Waals surface area contributed by atoms with Crippen LogP contribution in [-0.4, -0.2) is 71.8 Å². The number of nitrogens with zero attached hydrogens (tertiary/aromatic N) is 3. The van der Waals surface area contributed by atoms with Gasteiger partial charge in [-0.1, -0.05) is 34.6 Å². The molecule has 1 aliphatic rings.